The fourth-order valence-electron chi connectivity index (χ4n) is 3.51. The zero-order valence-electron chi connectivity index (χ0n) is 16.7. The molecule has 0 saturated carbocycles. The van der Waals surface area contributed by atoms with Crippen LogP contribution in [0.5, 0.6) is 0 Å². The number of nitrogens with zero attached hydrogens (tertiary/aromatic N) is 3. The maximum absolute atomic E-state index is 12.7. The fraction of sp³-hybridized carbons (Fsp3) is 0.364. The topological polar surface area (TPSA) is 78.7 Å². The summed E-state index contributed by atoms with van der Waals surface area (Å²) in [6.45, 7) is 6.10. The number of thiazole rings is 1. The average molecular weight is 423 g/mol. The van der Waals surface area contributed by atoms with E-state index in [1.807, 2.05) is 32.0 Å². The van der Waals surface area contributed by atoms with Gasteiger partial charge in [-0.2, -0.15) is 5.26 Å². The number of carbonyl (C=O) groups excluding carboxylic acids is 1. The highest BCUT2D eigenvalue weighted by atomic mass is 32.2. The Morgan fingerprint density at radius 3 is 3.00 bits per heavy atom. The van der Waals surface area contributed by atoms with Gasteiger partial charge in [-0.3, -0.25) is 4.79 Å². The molecule has 1 aliphatic rings. The Kier molecular flexibility index (Phi) is 5.57. The maximum Gasteiger partial charge on any atom is 0.239 e. The van der Waals surface area contributed by atoms with Crippen molar-refractivity contribution in [3.05, 3.63) is 46.6 Å². The second kappa shape index (κ2) is 8.13. The number of rotatable bonds is 4. The van der Waals surface area contributed by atoms with Crippen LogP contribution in [0.1, 0.15) is 42.7 Å². The third-order valence-electron chi connectivity index (χ3n) is 5.15. The third kappa shape index (κ3) is 4.29. The molecule has 0 radical (unpaired) electrons. The SMILES string of the molecule is Cc1ccc2nc(NC(=O)C(C)Sc3nc4c(cc3C#N)CC(C)CC4)sc2c1. The summed E-state index contributed by atoms with van der Waals surface area (Å²) in [4.78, 5) is 21.9. The zero-order chi connectivity index (χ0) is 20.5. The molecule has 1 aliphatic carbocycles. The van der Waals surface area contributed by atoms with Crippen LogP contribution >= 0.6 is 23.1 Å². The fourth-order valence-corrected chi connectivity index (χ4v) is 5.37. The van der Waals surface area contributed by atoms with Gasteiger partial charge in [0, 0.05) is 5.69 Å². The van der Waals surface area contributed by atoms with Crippen molar-refractivity contribution in [2.45, 2.75) is 50.3 Å². The lowest BCUT2D eigenvalue weighted by atomic mass is 9.87. The molecule has 148 valence electrons. The number of hydrogen-bond acceptors (Lipinski definition) is 6. The van der Waals surface area contributed by atoms with E-state index in [2.05, 4.69) is 29.4 Å². The van der Waals surface area contributed by atoms with E-state index in [1.54, 1.807) is 0 Å². The minimum absolute atomic E-state index is 0.136. The van der Waals surface area contributed by atoms with Crippen LogP contribution in [-0.4, -0.2) is 21.1 Å². The van der Waals surface area contributed by atoms with Gasteiger partial charge in [0.05, 0.1) is 21.0 Å². The van der Waals surface area contributed by atoms with E-state index in [1.165, 1.54) is 34.2 Å². The lowest BCUT2D eigenvalue weighted by Gasteiger charge is -2.22. The monoisotopic (exact) mass is 422 g/mol. The van der Waals surface area contributed by atoms with Gasteiger partial charge in [0.1, 0.15) is 11.1 Å². The molecule has 1 amide bonds. The molecule has 0 aliphatic heterocycles. The lowest BCUT2D eigenvalue weighted by molar-refractivity contribution is -0.115. The van der Waals surface area contributed by atoms with Gasteiger partial charge in [0.25, 0.3) is 0 Å². The maximum atomic E-state index is 12.7. The van der Waals surface area contributed by atoms with Crippen molar-refractivity contribution in [2.24, 2.45) is 5.92 Å². The van der Waals surface area contributed by atoms with Crippen molar-refractivity contribution in [1.82, 2.24) is 9.97 Å². The van der Waals surface area contributed by atoms with Gasteiger partial charge in [-0.25, -0.2) is 9.97 Å². The molecule has 0 spiro atoms. The molecule has 2 heterocycles. The van der Waals surface area contributed by atoms with Crippen LogP contribution in [-0.2, 0) is 17.6 Å². The molecule has 0 fully saturated rings. The first-order chi connectivity index (χ1) is 13.9. The van der Waals surface area contributed by atoms with E-state index in [0.717, 1.165) is 35.2 Å². The number of anilines is 1. The largest absolute Gasteiger partial charge is 0.301 e. The highest BCUT2D eigenvalue weighted by Gasteiger charge is 2.23. The van der Waals surface area contributed by atoms with E-state index >= 15 is 0 Å². The first kappa shape index (κ1) is 19.9. The molecule has 0 saturated heterocycles. The number of amides is 1. The van der Waals surface area contributed by atoms with Crippen LogP contribution in [0.3, 0.4) is 0 Å². The van der Waals surface area contributed by atoms with Gasteiger partial charge in [0.15, 0.2) is 5.13 Å². The van der Waals surface area contributed by atoms with Crippen LogP contribution in [0.15, 0.2) is 29.3 Å². The average Bonchev–Trinajstić information content (AvgIpc) is 3.08. The Bertz CT molecular complexity index is 1130. The minimum Gasteiger partial charge on any atom is -0.301 e. The number of benzene rings is 1. The van der Waals surface area contributed by atoms with Crippen LogP contribution < -0.4 is 5.32 Å². The summed E-state index contributed by atoms with van der Waals surface area (Å²) < 4.78 is 1.05. The van der Waals surface area contributed by atoms with Crippen molar-refractivity contribution < 1.29 is 4.79 Å². The van der Waals surface area contributed by atoms with Gasteiger partial charge >= 0.3 is 0 Å². The molecule has 2 atom stereocenters. The first-order valence-corrected chi connectivity index (χ1v) is 11.4. The van der Waals surface area contributed by atoms with E-state index < -0.39 is 0 Å². The molecule has 7 heteroatoms. The third-order valence-corrected chi connectivity index (χ3v) is 7.19. The Labute approximate surface area is 178 Å². The number of hydrogen-bond donors (Lipinski definition) is 1. The van der Waals surface area contributed by atoms with Crippen LogP contribution in [0, 0.1) is 24.2 Å². The van der Waals surface area contributed by atoms with Gasteiger partial charge in [-0.15, -0.1) is 0 Å². The number of nitriles is 1. The second-order valence-electron chi connectivity index (χ2n) is 7.65. The number of carbonyl (C=O) groups is 1. The number of fused-ring (bicyclic) bond motifs is 2. The molecular formula is C22H22N4OS2. The summed E-state index contributed by atoms with van der Waals surface area (Å²) in [6, 6.07) is 10.3. The van der Waals surface area contributed by atoms with E-state index in [4.69, 9.17) is 4.98 Å². The summed E-state index contributed by atoms with van der Waals surface area (Å²) in [5, 5.41) is 13.3. The standard InChI is InChI=1S/C22H22N4OS2/c1-12-4-6-17-15(8-12)10-16(11-23)21(24-17)28-14(3)20(27)26-22-25-18-7-5-13(2)9-19(18)29-22/h5,7,9-10,12,14H,4,6,8H2,1-3H3,(H,25,26,27). The highest BCUT2D eigenvalue weighted by Crippen LogP contribution is 2.32. The summed E-state index contributed by atoms with van der Waals surface area (Å²) in [5.74, 6) is 0.486. The number of thioether (sulfide) groups is 1. The smallest absolute Gasteiger partial charge is 0.239 e. The van der Waals surface area contributed by atoms with Crippen molar-refractivity contribution in [1.29, 1.82) is 5.26 Å². The molecule has 1 aromatic carbocycles. The molecule has 2 aromatic heterocycles. The summed E-state index contributed by atoms with van der Waals surface area (Å²) in [6.07, 6.45) is 3.01. The number of nitrogens with one attached hydrogen (secondary N) is 1. The molecule has 5 nitrogen and oxygen atoms in total. The summed E-state index contributed by atoms with van der Waals surface area (Å²) in [5.41, 5.74) is 4.84. The van der Waals surface area contributed by atoms with E-state index in [-0.39, 0.29) is 11.2 Å². The van der Waals surface area contributed by atoms with E-state index in [9.17, 15) is 10.1 Å². The van der Waals surface area contributed by atoms with Crippen LogP contribution in [0.4, 0.5) is 5.13 Å². The van der Waals surface area contributed by atoms with E-state index in [0.29, 0.717) is 21.6 Å². The molecule has 2 unspecified atom stereocenters. The van der Waals surface area contributed by atoms with Gasteiger partial charge < -0.3 is 5.32 Å². The minimum atomic E-state index is -0.385. The quantitative estimate of drug-likeness (QED) is 0.591. The number of aryl methyl sites for hydroxylation is 2. The first-order valence-electron chi connectivity index (χ1n) is 9.70. The predicted molar refractivity (Wildman–Crippen MR) is 118 cm³/mol. The molecular weight excluding hydrogens is 400 g/mol. The van der Waals surface area contributed by atoms with Crippen molar-refractivity contribution in [3.63, 3.8) is 0 Å². The lowest BCUT2D eigenvalue weighted by Crippen LogP contribution is -2.23. The normalized spacial score (nSPS) is 16.8. The van der Waals surface area contributed by atoms with Crippen LogP contribution in [0.2, 0.25) is 0 Å². The summed E-state index contributed by atoms with van der Waals surface area (Å²) >= 11 is 2.81. The number of pyridine rings is 1. The second-order valence-corrected chi connectivity index (χ2v) is 10.0. The Morgan fingerprint density at radius 2 is 2.21 bits per heavy atom. The van der Waals surface area contributed by atoms with Crippen LogP contribution in [0.25, 0.3) is 10.2 Å². The Morgan fingerprint density at radius 1 is 1.38 bits per heavy atom. The molecule has 1 N–H and O–H groups in total. The summed E-state index contributed by atoms with van der Waals surface area (Å²) in [7, 11) is 0. The number of aromatic nitrogens is 2. The van der Waals surface area contributed by atoms with Crippen molar-refractivity contribution in [3.8, 4) is 6.07 Å². The van der Waals surface area contributed by atoms with Crippen molar-refractivity contribution >= 4 is 44.4 Å². The van der Waals surface area contributed by atoms with Gasteiger partial charge in [-0.05, 0) is 68.4 Å². The molecule has 3 aromatic rings. The Hall–Kier alpha value is -2.43. The Balaban J connectivity index is 1.50. The van der Waals surface area contributed by atoms with Gasteiger partial charge in [-0.1, -0.05) is 36.1 Å². The molecule has 0 bridgehead atoms. The van der Waals surface area contributed by atoms with Gasteiger partial charge in [0.2, 0.25) is 5.91 Å². The predicted octanol–water partition coefficient (Wildman–Crippen LogP) is 5.12. The molecule has 29 heavy (non-hydrogen) atoms. The highest BCUT2D eigenvalue weighted by molar-refractivity contribution is 8.00. The molecule has 4 rings (SSSR count). The van der Waals surface area contributed by atoms with Crippen molar-refractivity contribution in [2.75, 3.05) is 5.32 Å². The zero-order valence-corrected chi connectivity index (χ0v) is 18.3.